The maximum absolute atomic E-state index is 8.88. The minimum Gasteiger partial charge on any atom is -0.457 e. The maximum atomic E-state index is 8.88. The number of hydrogen-bond acceptors (Lipinski definition) is 3. The Balaban J connectivity index is 1.95. The lowest BCUT2D eigenvalue weighted by molar-refractivity contribution is 0.299. The third kappa shape index (κ3) is 4.37. The van der Waals surface area contributed by atoms with Gasteiger partial charge in [-0.1, -0.05) is 31.2 Å². The zero-order chi connectivity index (χ0) is 14.2. The smallest absolute Gasteiger partial charge is 0.127 e. The Hall–Kier alpha value is -1.84. The monoisotopic (exact) mass is 271 g/mol. The fourth-order valence-electron chi connectivity index (χ4n) is 1.93. The third-order valence-corrected chi connectivity index (χ3v) is 3.06. The highest BCUT2D eigenvalue weighted by atomic mass is 16.5. The van der Waals surface area contributed by atoms with Gasteiger partial charge in [-0.25, -0.2) is 0 Å². The zero-order valence-corrected chi connectivity index (χ0v) is 11.8. The van der Waals surface area contributed by atoms with Crippen LogP contribution in [0.3, 0.4) is 0 Å². The van der Waals surface area contributed by atoms with Gasteiger partial charge in [0.2, 0.25) is 0 Å². The van der Waals surface area contributed by atoms with Gasteiger partial charge in [0.05, 0.1) is 0 Å². The van der Waals surface area contributed by atoms with Gasteiger partial charge >= 0.3 is 0 Å². The van der Waals surface area contributed by atoms with Gasteiger partial charge in [0.25, 0.3) is 0 Å². The molecule has 106 valence electrons. The summed E-state index contributed by atoms with van der Waals surface area (Å²) in [6, 6.07) is 15.9. The second-order valence-corrected chi connectivity index (χ2v) is 4.64. The SMILES string of the molecule is CCNCc1ccc(Oc2ccc(CCO)cc2)cc1. The van der Waals surface area contributed by atoms with E-state index >= 15 is 0 Å². The lowest BCUT2D eigenvalue weighted by Crippen LogP contribution is -2.11. The Morgan fingerprint density at radius 1 is 0.900 bits per heavy atom. The quantitative estimate of drug-likeness (QED) is 0.813. The summed E-state index contributed by atoms with van der Waals surface area (Å²) in [6.07, 6.45) is 0.680. The molecule has 2 aromatic carbocycles. The average Bonchev–Trinajstić information content (AvgIpc) is 2.49. The van der Waals surface area contributed by atoms with E-state index in [0.717, 1.165) is 30.2 Å². The predicted octanol–water partition coefficient (Wildman–Crippen LogP) is 3.12. The van der Waals surface area contributed by atoms with Crippen molar-refractivity contribution in [3.63, 3.8) is 0 Å². The normalized spacial score (nSPS) is 10.5. The van der Waals surface area contributed by atoms with Crippen molar-refractivity contribution in [2.24, 2.45) is 0 Å². The highest BCUT2D eigenvalue weighted by Gasteiger charge is 1.99. The number of aliphatic hydroxyl groups excluding tert-OH is 1. The van der Waals surface area contributed by atoms with Crippen LogP contribution in [0, 0.1) is 0 Å². The van der Waals surface area contributed by atoms with Gasteiger partial charge < -0.3 is 15.2 Å². The topological polar surface area (TPSA) is 41.5 Å². The molecule has 3 heteroatoms. The first kappa shape index (κ1) is 14.6. The summed E-state index contributed by atoms with van der Waals surface area (Å²) >= 11 is 0. The summed E-state index contributed by atoms with van der Waals surface area (Å²) in [6.45, 7) is 4.12. The van der Waals surface area contributed by atoms with Gasteiger partial charge in [-0.2, -0.15) is 0 Å². The first-order valence-electron chi connectivity index (χ1n) is 6.99. The Labute approximate surface area is 120 Å². The molecule has 20 heavy (non-hydrogen) atoms. The van der Waals surface area contributed by atoms with Crippen LogP contribution in [0.4, 0.5) is 0 Å². The second-order valence-electron chi connectivity index (χ2n) is 4.64. The molecule has 2 rings (SSSR count). The third-order valence-electron chi connectivity index (χ3n) is 3.06. The Kier molecular flexibility index (Phi) is 5.59. The van der Waals surface area contributed by atoms with Crippen LogP contribution >= 0.6 is 0 Å². The molecule has 3 nitrogen and oxygen atoms in total. The van der Waals surface area contributed by atoms with Gasteiger partial charge in [-0.05, 0) is 48.4 Å². The Morgan fingerprint density at radius 3 is 1.95 bits per heavy atom. The van der Waals surface area contributed by atoms with Crippen molar-refractivity contribution in [3.05, 3.63) is 59.7 Å². The van der Waals surface area contributed by atoms with E-state index < -0.39 is 0 Å². The zero-order valence-electron chi connectivity index (χ0n) is 11.8. The summed E-state index contributed by atoms with van der Waals surface area (Å²) in [7, 11) is 0. The molecule has 0 heterocycles. The summed E-state index contributed by atoms with van der Waals surface area (Å²) in [5, 5.41) is 12.2. The molecule has 0 saturated carbocycles. The van der Waals surface area contributed by atoms with E-state index in [4.69, 9.17) is 9.84 Å². The van der Waals surface area contributed by atoms with E-state index in [9.17, 15) is 0 Å². The van der Waals surface area contributed by atoms with Gasteiger partial charge in [-0.15, -0.1) is 0 Å². The van der Waals surface area contributed by atoms with E-state index in [1.165, 1.54) is 5.56 Å². The van der Waals surface area contributed by atoms with Crippen LogP contribution in [0.2, 0.25) is 0 Å². The van der Waals surface area contributed by atoms with Crippen LogP contribution in [0.25, 0.3) is 0 Å². The molecule has 0 aliphatic heterocycles. The van der Waals surface area contributed by atoms with Crippen molar-refractivity contribution in [2.75, 3.05) is 13.2 Å². The molecule has 0 unspecified atom stereocenters. The fraction of sp³-hybridized carbons (Fsp3) is 0.294. The molecule has 0 aliphatic carbocycles. The molecule has 0 atom stereocenters. The van der Waals surface area contributed by atoms with Crippen LogP contribution in [0.15, 0.2) is 48.5 Å². The van der Waals surface area contributed by atoms with Gasteiger partial charge in [0.1, 0.15) is 11.5 Å². The molecule has 2 N–H and O–H groups in total. The standard InChI is InChI=1S/C17H21NO2/c1-2-18-13-15-5-9-17(10-6-15)20-16-7-3-14(4-8-16)11-12-19/h3-10,18-19H,2,11-13H2,1H3. The van der Waals surface area contributed by atoms with Crippen LogP contribution in [-0.4, -0.2) is 18.3 Å². The Bertz CT molecular complexity index is 506. The first-order chi connectivity index (χ1) is 9.81. The van der Waals surface area contributed by atoms with Crippen molar-refractivity contribution < 1.29 is 9.84 Å². The number of aliphatic hydroxyl groups is 1. The Morgan fingerprint density at radius 2 is 1.45 bits per heavy atom. The lowest BCUT2D eigenvalue weighted by atomic mass is 10.1. The molecule has 0 aromatic heterocycles. The molecular weight excluding hydrogens is 250 g/mol. The van der Waals surface area contributed by atoms with Crippen LogP contribution in [0.1, 0.15) is 18.1 Å². The van der Waals surface area contributed by atoms with Crippen molar-refractivity contribution in [1.82, 2.24) is 5.32 Å². The molecule has 0 bridgehead atoms. The number of rotatable bonds is 7. The second kappa shape index (κ2) is 7.68. The molecule has 0 aliphatic rings. The molecule has 0 fully saturated rings. The van der Waals surface area contributed by atoms with E-state index in [1.54, 1.807) is 0 Å². The molecule has 2 aromatic rings. The van der Waals surface area contributed by atoms with E-state index in [2.05, 4.69) is 24.4 Å². The first-order valence-corrected chi connectivity index (χ1v) is 6.99. The maximum Gasteiger partial charge on any atom is 0.127 e. The average molecular weight is 271 g/mol. The van der Waals surface area contributed by atoms with Gasteiger partial charge in [-0.3, -0.25) is 0 Å². The fourth-order valence-corrected chi connectivity index (χ4v) is 1.93. The highest BCUT2D eigenvalue weighted by molar-refractivity contribution is 5.34. The molecular formula is C17H21NO2. The summed E-state index contributed by atoms with van der Waals surface area (Å²) in [4.78, 5) is 0. The van der Waals surface area contributed by atoms with Gasteiger partial charge in [0.15, 0.2) is 0 Å². The number of benzene rings is 2. The van der Waals surface area contributed by atoms with E-state index in [1.807, 2.05) is 36.4 Å². The van der Waals surface area contributed by atoms with Gasteiger partial charge in [0, 0.05) is 13.2 Å². The van der Waals surface area contributed by atoms with Crippen molar-refractivity contribution in [2.45, 2.75) is 19.9 Å². The minimum absolute atomic E-state index is 0.174. The largest absolute Gasteiger partial charge is 0.457 e. The van der Waals surface area contributed by atoms with Crippen molar-refractivity contribution in [1.29, 1.82) is 0 Å². The summed E-state index contributed by atoms with van der Waals surface area (Å²) < 4.78 is 5.79. The molecule has 0 amide bonds. The van der Waals surface area contributed by atoms with Crippen LogP contribution < -0.4 is 10.1 Å². The molecule has 0 radical (unpaired) electrons. The lowest BCUT2D eigenvalue weighted by Gasteiger charge is -2.08. The van der Waals surface area contributed by atoms with Crippen molar-refractivity contribution >= 4 is 0 Å². The van der Waals surface area contributed by atoms with Crippen LogP contribution in [0.5, 0.6) is 11.5 Å². The number of ether oxygens (including phenoxy) is 1. The molecule has 0 saturated heterocycles. The van der Waals surface area contributed by atoms with E-state index in [-0.39, 0.29) is 6.61 Å². The van der Waals surface area contributed by atoms with Crippen molar-refractivity contribution in [3.8, 4) is 11.5 Å². The number of hydrogen-bond donors (Lipinski definition) is 2. The summed E-state index contributed by atoms with van der Waals surface area (Å²) in [5.41, 5.74) is 2.36. The number of nitrogens with one attached hydrogen (secondary N) is 1. The molecule has 0 spiro atoms. The highest BCUT2D eigenvalue weighted by Crippen LogP contribution is 2.22. The summed E-state index contributed by atoms with van der Waals surface area (Å²) in [5.74, 6) is 1.64. The predicted molar refractivity (Wildman–Crippen MR) is 81.1 cm³/mol. The minimum atomic E-state index is 0.174. The van der Waals surface area contributed by atoms with E-state index in [0.29, 0.717) is 6.42 Å². The van der Waals surface area contributed by atoms with Crippen LogP contribution in [-0.2, 0) is 13.0 Å².